The molecule has 0 aromatic heterocycles. The van der Waals surface area contributed by atoms with Crippen LogP contribution in [0.4, 0.5) is 23.7 Å². The Labute approximate surface area is 155 Å². The summed E-state index contributed by atoms with van der Waals surface area (Å²) in [5.74, 6) is 0. The molecule has 1 atom stereocenters. The van der Waals surface area contributed by atoms with Crippen molar-refractivity contribution in [1.29, 1.82) is 0 Å². The number of halogens is 3. The average molecular weight is 378 g/mol. The highest BCUT2D eigenvalue weighted by atomic mass is 19.4. The topological polar surface area (TPSA) is 66.6 Å². The number of nitrogens with zero attached hydrogens (tertiary/aromatic N) is 1. The highest BCUT2D eigenvalue weighted by molar-refractivity contribution is 5.91. The standard InChI is InChI=1S/C20H21F3N2O2/c21-20(22,23)15-7-4-13(5-8-15)10-11-25(19(24)27)18-3-1-2-14-6-9-16(26)12-17(14)18/h1-5,7-8,16,26H,6,9-12H2,(H2,24,27)/t16-/m1/s1. The first-order chi connectivity index (χ1) is 12.8. The molecule has 0 radical (unpaired) electrons. The van der Waals surface area contributed by atoms with Crippen molar-refractivity contribution < 1.29 is 23.1 Å². The Balaban J connectivity index is 1.79. The van der Waals surface area contributed by atoms with Crippen LogP contribution in [0.2, 0.25) is 0 Å². The Bertz CT molecular complexity index is 819. The summed E-state index contributed by atoms with van der Waals surface area (Å²) < 4.78 is 38.0. The Kier molecular flexibility index (Phi) is 5.41. The van der Waals surface area contributed by atoms with Crippen LogP contribution in [-0.2, 0) is 25.4 Å². The zero-order valence-corrected chi connectivity index (χ0v) is 14.7. The van der Waals surface area contributed by atoms with Gasteiger partial charge < -0.3 is 10.8 Å². The van der Waals surface area contributed by atoms with Gasteiger partial charge in [0.2, 0.25) is 0 Å². The second-order valence-electron chi connectivity index (χ2n) is 6.75. The number of urea groups is 1. The molecule has 3 rings (SSSR count). The molecule has 144 valence electrons. The van der Waals surface area contributed by atoms with Crippen molar-refractivity contribution >= 4 is 11.7 Å². The van der Waals surface area contributed by atoms with E-state index in [1.54, 1.807) is 6.07 Å². The van der Waals surface area contributed by atoms with E-state index in [0.717, 1.165) is 29.7 Å². The molecule has 0 saturated carbocycles. The fourth-order valence-electron chi connectivity index (χ4n) is 3.45. The van der Waals surface area contributed by atoms with Gasteiger partial charge in [-0.3, -0.25) is 4.90 Å². The number of aliphatic hydroxyl groups is 1. The van der Waals surface area contributed by atoms with Crippen molar-refractivity contribution in [2.75, 3.05) is 11.4 Å². The van der Waals surface area contributed by atoms with E-state index in [9.17, 15) is 23.1 Å². The number of benzene rings is 2. The molecule has 2 amide bonds. The second-order valence-corrected chi connectivity index (χ2v) is 6.75. The van der Waals surface area contributed by atoms with E-state index >= 15 is 0 Å². The molecule has 0 saturated heterocycles. The molecule has 7 heteroatoms. The van der Waals surface area contributed by atoms with Gasteiger partial charge in [-0.05, 0) is 54.2 Å². The maximum absolute atomic E-state index is 12.7. The Morgan fingerprint density at radius 1 is 1.19 bits per heavy atom. The molecule has 0 bridgehead atoms. The number of nitrogens with two attached hydrogens (primary N) is 1. The third-order valence-electron chi connectivity index (χ3n) is 4.90. The fraction of sp³-hybridized carbons (Fsp3) is 0.350. The molecule has 0 fully saturated rings. The monoisotopic (exact) mass is 378 g/mol. The largest absolute Gasteiger partial charge is 0.416 e. The first-order valence-corrected chi connectivity index (χ1v) is 8.77. The third-order valence-corrected chi connectivity index (χ3v) is 4.90. The van der Waals surface area contributed by atoms with Crippen LogP contribution in [0, 0.1) is 0 Å². The molecule has 4 nitrogen and oxygen atoms in total. The lowest BCUT2D eigenvalue weighted by atomic mass is 9.88. The van der Waals surface area contributed by atoms with Gasteiger partial charge in [-0.15, -0.1) is 0 Å². The number of hydrogen-bond donors (Lipinski definition) is 2. The molecular formula is C20H21F3N2O2. The molecule has 0 spiro atoms. The van der Waals surface area contributed by atoms with Crippen LogP contribution in [0.5, 0.6) is 0 Å². The Hall–Kier alpha value is -2.54. The lowest BCUT2D eigenvalue weighted by Gasteiger charge is -2.28. The van der Waals surface area contributed by atoms with Crippen LogP contribution in [0.3, 0.4) is 0 Å². The molecular weight excluding hydrogens is 357 g/mol. The summed E-state index contributed by atoms with van der Waals surface area (Å²) in [5.41, 5.74) is 8.18. The fourth-order valence-corrected chi connectivity index (χ4v) is 3.45. The SMILES string of the molecule is NC(=O)N(CCc1ccc(C(F)(F)F)cc1)c1cccc2c1C[C@H](O)CC2. The summed E-state index contributed by atoms with van der Waals surface area (Å²) in [6, 6.07) is 9.86. The Morgan fingerprint density at radius 2 is 1.89 bits per heavy atom. The van der Waals surface area contributed by atoms with Crippen LogP contribution in [-0.4, -0.2) is 23.8 Å². The Morgan fingerprint density at radius 3 is 2.52 bits per heavy atom. The van der Waals surface area contributed by atoms with E-state index in [1.165, 1.54) is 17.0 Å². The third kappa shape index (κ3) is 4.42. The van der Waals surface area contributed by atoms with Crippen molar-refractivity contribution in [2.24, 2.45) is 5.73 Å². The van der Waals surface area contributed by atoms with Crippen LogP contribution in [0.15, 0.2) is 42.5 Å². The number of carbonyl (C=O) groups excluding carboxylic acids is 1. The van der Waals surface area contributed by atoms with Crippen LogP contribution < -0.4 is 10.6 Å². The first kappa shape index (κ1) is 19.2. The van der Waals surface area contributed by atoms with Gasteiger partial charge in [0.1, 0.15) is 0 Å². The quantitative estimate of drug-likeness (QED) is 0.852. The van der Waals surface area contributed by atoms with Crippen LogP contribution in [0.25, 0.3) is 0 Å². The minimum Gasteiger partial charge on any atom is -0.393 e. The summed E-state index contributed by atoms with van der Waals surface area (Å²) in [4.78, 5) is 13.4. The van der Waals surface area contributed by atoms with Gasteiger partial charge in [-0.2, -0.15) is 13.2 Å². The number of anilines is 1. The van der Waals surface area contributed by atoms with Crippen LogP contribution >= 0.6 is 0 Å². The van der Waals surface area contributed by atoms with Crippen molar-refractivity contribution in [3.8, 4) is 0 Å². The minimum atomic E-state index is -4.37. The van der Waals surface area contributed by atoms with E-state index in [1.807, 2.05) is 12.1 Å². The predicted molar refractivity (Wildman–Crippen MR) is 96.6 cm³/mol. The molecule has 1 aliphatic rings. The van der Waals surface area contributed by atoms with E-state index in [0.29, 0.717) is 30.5 Å². The molecule has 1 aliphatic carbocycles. The maximum Gasteiger partial charge on any atom is 0.416 e. The number of aryl methyl sites for hydroxylation is 1. The van der Waals surface area contributed by atoms with Crippen molar-refractivity contribution in [3.05, 3.63) is 64.7 Å². The van der Waals surface area contributed by atoms with Gasteiger partial charge in [0.15, 0.2) is 0 Å². The summed E-state index contributed by atoms with van der Waals surface area (Å²) in [7, 11) is 0. The number of amides is 2. The summed E-state index contributed by atoms with van der Waals surface area (Å²) in [6.45, 7) is 0.243. The lowest BCUT2D eigenvalue weighted by molar-refractivity contribution is -0.137. The maximum atomic E-state index is 12.7. The number of alkyl halides is 3. The molecule has 2 aromatic carbocycles. The molecule has 3 N–H and O–H groups in total. The minimum absolute atomic E-state index is 0.243. The summed E-state index contributed by atoms with van der Waals surface area (Å²) in [5, 5.41) is 9.97. The van der Waals surface area contributed by atoms with Crippen LogP contribution in [0.1, 0.15) is 28.7 Å². The first-order valence-electron chi connectivity index (χ1n) is 8.77. The number of carbonyl (C=O) groups is 1. The highest BCUT2D eigenvalue weighted by Gasteiger charge is 2.30. The highest BCUT2D eigenvalue weighted by Crippen LogP contribution is 2.31. The van der Waals surface area contributed by atoms with Gasteiger partial charge in [-0.25, -0.2) is 4.79 Å². The zero-order valence-electron chi connectivity index (χ0n) is 14.7. The number of aliphatic hydroxyl groups excluding tert-OH is 1. The molecule has 2 aromatic rings. The lowest BCUT2D eigenvalue weighted by Crippen LogP contribution is -2.38. The van der Waals surface area contributed by atoms with Gasteiger partial charge in [-0.1, -0.05) is 24.3 Å². The smallest absolute Gasteiger partial charge is 0.393 e. The van der Waals surface area contributed by atoms with E-state index in [4.69, 9.17) is 5.73 Å². The van der Waals surface area contributed by atoms with E-state index in [-0.39, 0.29) is 6.54 Å². The number of rotatable bonds is 4. The zero-order chi connectivity index (χ0) is 19.6. The molecule has 0 unspecified atom stereocenters. The van der Waals surface area contributed by atoms with Gasteiger partial charge in [0.25, 0.3) is 0 Å². The molecule has 27 heavy (non-hydrogen) atoms. The summed E-state index contributed by atoms with van der Waals surface area (Å²) >= 11 is 0. The summed E-state index contributed by atoms with van der Waals surface area (Å²) in [6.07, 6.45) is -2.60. The molecule has 0 heterocycles. The van der Waals surface area contributed by atoms with Gasteiger partial charge in [0.05, 0.1) is 11.7 Å². The average Bonchev–Trinajstić information content (AvgIpc) is 2.61. The number of fused-ring (bicyclic) bond motifs is 1. The normalized spacial score (nSPS) is 16.7. The predicted octanol–water partition coefficient (Wildman–Crippen LogP) is 3.68. The van der Waals surface area contributed by atoms with E-state index in [2.05, 4.69) is 0 Å². The van der Waals surface area contributed by atoms with Gasteiger partial charge in [0, 0.05) is 18.7 Å². The number of primary amides is 1. The molecule has 0 aliphatic heterocycles. The van der Waals surface area contributed by atoms with Crippen molar-refractivity contribution in [3.63, 3.8) is 0 Å². The van der Waals surface area contributed by atoms with E-state index < -0.39 is 23.9 Å². The number of hydrogen-bond acceptors (Lipinski definition) is 2. The van der Waals surface area contributed by atoms with Crippen molar-refractivity contribution in [1.82, 2.24) is 0 Å². The van der Waals surface area contributed by atoms with Gasteiger partial charge >= 0.3 is 12.2 Å². The van der Waals surface area contributed by atoms with Crippen molar-refractivity contribution in [2.45, 2.75) is 38.0 Å². The second kappa shape index (κ2) is 7.60.